The van der Waals surface area contributed by atoms with Crippen LogP contribution in [0.5, 0.6) is 0 Å². The second kappa shape index (κ2) is 2.71. The SMILES string of the molecule is CC(C)(CBr)CC12CC(CO1)C2. The molecule has 0 aromatic heterocycles. The minimum absolute atomic E-state index is 0.294. The minimum Gasteiger partial charge on any atom is -0.375 e. The Kier molecular flexibility index (Phi) is 2.04. The minimum atomic E-state index is 0.294. The molecule has 2 heteroatoms. The van der Waals surface area contributed by atoms with Gasteiger partial charge in [0, 0.05) is 5.33 Å². The third-order valence-corrected chi connectivity index (χ3v) is 4.63. The molecule has 1 nitrogen and oxygen atoms in total. The van der Waals surface area contributed by atoms with Gasteiger partial charge in [-0.15, -0.1) is 0 Å². The zero-order valence-corrected chi connectivity index (χ0v) is 9.49. The normalized spacial score (nSPS) is 39.8. The zero-order valence-electron chi connectivity index (χ0n) is 7.90. The van der Waals surface area contributed by atoms with Gasteiger partial charge in [0.05, 0.1) is 12.2 Å². The first-order valence-electron chi connectivity index (χ1n) is 4.75. The lowest BCUT2D eigenvalue weighted by Gasteiger charge is -2.41. The molecule has 12 heavy (non-hydrogen) atoms. The van der Waals surface area contributed by atoms with Gasteiger partial charge in [-0.3, -0.25) is 0 Å². The van der Waals surface area contributed by atoms with Gasteiger partial charge in [0.15, 0.2) is 0 Å². The summed E-state index contributed by atoms with van der Waals surface area (Å²) in [6.45, 7) is 5.65. The summed E-state index contributed by atoms with van der Waals surface area (Å²) in [7, 11) is 0. The van der Waals surface area contributed by atoms with Crippen molar-refractivity contribution in [3.8, 4) is 0 Å². The second-order valence-corrected chi connectivity index (χ2v) is 5.80. The molecule has 0 N–H and O–H groups in total. The number of hydrogen-bond donors (Lipinski definition) is 0. The van der Waals surface area contributed by atoms with Gasteiger partial charge >= 0.3 is 0 Å². The molecule has 1 aliphatic carbocycles. The maximum atomic E-state index is 5.83. The molecular weight excluding hydrogens is 216 g/mol. The van der Waals surface area contributed by atoms with Crippen LogP contribution in [0.2, 0.25) is 0 Å². The molecule has 3 rings (SSSR count). The molecule has 1 saturated carbocycles. The summed E-state index contributed by atoms with van der Waals surface area (Å²) in [5, 5.41) is 1.08. The lowest BCUT2D eigenvalue weighted by molar-refractivity contribution is -0.0300. The van der Waals surface area contributed by atoms with Crippen molar-refractivity contribution in [2.45, 2.75) is 38.7 Å². The van der Waals surface area contributed by atoms with Gasteiger partial charge in [-0.2, -0.15) is 0 Å². The third-order valence-electron chi connectivity index (χ3n) is 3.11. The summed E-state index contributed by atoms with van der Waals surface area (Å²) >= 11 is 3.56. The predicted octanol–water partition coefficient (Wildman–Crippen LogP) is 2.98. The van der Waals surface area contributed by atoms with Crippen molar-refractivity contribution in [3.05, 3.63) is 0 Å². The van der Waals surface area contributed by atoms with Crippen LogP contribution >= 0.6 is 15.9 Å². The summed E-state index contributed by atoms with van der Waals surface area (Å²) in [6, 6.07) is 0. The second-order valence-electron chi connectivity index (χ2n) is 5.24. The molecule has 2 saturated heterocycles. The van der Waals surface area contributed by atoms with E-state index in [1.54, 1.807) is 0 Å². The largest absolute Gasteiger partial charge is 0.375 e. The third kappa shape index (κ3) is 1.44. The lowest BCUT2D eigenvalue weighted by atomic mass is 9.67. The predicted molar refractivity (Wildman–Crippen MR) is 53.6 cm³/mol. The fraction of sp³-hybridized carbons (Fsp3) is 1.00. The van der Waals surface area contributed by atoms with Crippen LogP contribution in [-0.2, 0) is 4.74 Å². The van der Waals surface area contributed by atoms with E-state index in [1.807, 2.05) is 0 Å². The molecule has 0 amide bonds. The fourth-order valence-corrected chi connectivity index (χ4v) is 2.84. The highest BCUT2D eigenvalue weighted by Crippen LogP contribution is 2.53. The van der Waals surface area contributed by atoms with E-state index in [0.29, 0.717) is 11.0 Å². The lowest BCUT2D eigenvalue weighted by Crippen LogP contribution is -2.41. The van der Waals surface area contributed by atoms with E-state index in [-0.39, 0.29) is 0 Å². The van der Waals surface area contributed by atoms with Gasteiger partial charge in [-0.25, -0.2) is 0 Å². The van der Waals surface area contributed by atoms with E-state index in [4.69, 9.17) is 4.74 Å². The summed E-state index contributed by atoms with van der Waals surface area (Å²) in [5.74, 6) is 0.899. The van der Waals surface area contributed by atoms with E-state index in [0.717, 1.165) is 17.9 Å². The van der Waals surface area contributed by atoms with Crippen molar-refractivity contribution >= 4 is 15.9 Å². The van der Waals surface area contributed by atoms with E-state index in [2.05, 4.69) is 29.8 Å². The van der Waals surface area contributed by atoms with Crippen molar-refractivity contribution in [2.75, 3.05) is 11.9 Å². The quantitative estimate of drug-likeness (QED) is 0.681. The number of rotatable bonds is 3. The Morgan fingerprint density at radius 2 is 2.17 bits per heavy atom. The van der Waals surface area contributed by atoms with Crippen molar-refractivity contribution in [1.82, 2.24) is 0 Å². The van der Waals surface area contributed by atoms with Gasteiger partial charge in [0.1, 0.15) is 0 Å². The summed E-state index contributed by atoms with van der Waals surface area (Å²) in [5.41, 5.74) is 0.692. The number of hydrogen-bond acceptors (Lipinski definition) is 1. The molecule has 0 aromatic rings. The fourth-order valence-electron chi connectivity index (χ4n) is 2.64. The topological polar surface area (TPSA) is 9.23 Å². The number of ether oxygens (including phenoxy) is 1. The highest BCUT2D eigenvalue weighted by atomic mass is 79.9. The van der Waals surface area contributed by atoms with Crippen LogP contribution in [0.1, 0.15) is 33.1 Å². The van der Waals surface area contributed by atoms with Crippen LogP contribution in [-0.4, -0.2) is 17.5 Å². The van der Waals surface area contributed by atoms with Crippen molar-refractivity contribution < 1.29 is 4.74 Å². The Balaban J connectivity index is 1.94. The maximum Gasteiger partial charge on any atom is 0.0695 e. The zero-order chi connectivity index (χ0) is 8.82. The molecule has 2 heterocycles. The summed E-state index contributed by atoms with van der Waals surface area (Å²) in [4.78, 5) is 0. The standard InChI is InChI=1S/C10H17BrO/c1-9(2,7-11)6-10-3-8(4-10)5-12-10/h8H,3-7H2,1-2H3. The van der Waals surface area contributed by atoms with Gasteiger partial charge in [0.2, 0.25) is 0 Å². The van der Waals surface area contributed by atoms with E-state index >= 15 is 0 Å². The van der Waals surface area contributed by atoms with E-state index in [9.17, 15) is 0 Å². The Morgan fingerprint density at radius 3 is 2.58 bits per heavy atom. The summed E-state index contributed by atoms with van der Waals surface area (Å²) in [6.07, 6.45) is 3.87. The van der Waals surface area contributed by atoms with Crippen molar-refractivity contribution in [3.63, 3.8) is 0 Å². The first-order chi connectivity index (χ1) is 5.55. The molecule has 3 aliphatic rings. The van der Waals surface area contributed by atoms with Gasteiger partial charge in [0.25, 0.3) is 0 Å². The molecule has 2 aliphatic heterocycles. The average Bonchev–Trinajstić information content (AvgIpc) is 2.44. The highest BCUT2D eigenvalue weighted by Gasteiger charge is 2.53. The molecular formula is C10H17BrO. The molecule has 0 aromatic carbocycles. The molecule has 2 bridgehead atoms. The molecule has 3 fully saturated rings. The smallest absolute Gasteiger partial charge is 0.0695 e. The molecule has 70 valence electrons. The Labute approximate surface area is 83.0 Å². The molecule has 0 unspecified atom stereocenters. The summed E-state index contributed by atoms with van der Waals surface area (Å²) < 4.78 is 5.83. The monoisotopic (exact) mass is 232 g/mol. The Bertz CT molecular complexity index is 177. The Hall–Kier alpha value is 0.440. The average molecular weight is 233 g/mol. The van der Waals surface area contributed by atoms with Crippen molar-refractivity contribution in [2.24, 2.45) is 11.3 Å². The van der Waals surface area contributed by atoms with Crippen LogP contribution in [0.4, 0.5) is 0 Å². The Morgan fingerprint density at radius 1 is 1.50 bits per heavy atom. The number of fused-ring (bicyclic) bond motifs is 1. The van der Waals surface area contributed by atoms with E-state index in [1.165, 1.54) is 19.3 Å². The maximum absolute atomic E-state index is 5.83. The van der Waals surface area contributed by atoms with Gasteiger partial charge in [-0.1, -0.05) is 29.8 Å². The van der Waals surface area contributed by atoms with Crippen LogP contribution in [0.3, 0.4) is 0 Å². The van der Waals surface area contributed by atoms with Crippen molar-refractivity contribution in [1.29, 1.82) is 0 Å². The molecule has 0 radical (unpaired) electrons. The molecule has 0 atom stereocenters. The van der Waals surface area contributed by atoms with Crippen LogP contribution in [0.15, 0.2) is 0 Å². The van der Waals surface area contributed by atoms with Crippen LogP contribution < -0.4 is 0 Å². The van der Waals surface area contributed by atoms with E-state index < -0.39 is 0 Å². The first kappa shape index (κ1) is 9.01. The highest BCUT2D eigenvalue weighted by molar-refractivity contribution is 9.09. The number of alkyl halides is 1. The number of halogens is 1. The van der Waals surface area contributed by atoms with Gasteiger partial charge in [-0.05, 0) is 30.6 Å². The van der Waals surface area contributed by atoms with Crippen LogP contribution in [0, 0.1) is 11.3 Å². The first-order valence-corrected chi connectivity index (χ1v) is 5.87. The van der Waals surface area contributed by atoms with Gasteiger partial charge < -0.3 is 4.74 Å². The molecule has 0 spiro atoms. The van der Waals surface area contributed by atoms with Crippen LogP contribution in [0.25, 0.3) is 0 Å².